The Morgan fingerprint density at radius 1 is 1.08 bits per heavy atom. The number of hydrogen-bond acceptors (Lipinski definition) is 3. The number of rotatable bonds is 4. The fourth-order valence-electron chi connectivity index (χ4n) is 6.73. The van der Waals surface area contributed by atoms with Gasteiger partial charge < -0.3 is 0 Å². The van der Waals surface area contributed by atoms with Crippen LogP contribution < -0.4 is 0 Å². The van der Waals surface area contributed by atoms with Gasteiger partial charge in [0.25, 0.3) is 0 Å². The number of fused-ring (bicyclic) bond motifs is 5. The van der Waals surface area contributed by atoms with Crippen LogP contribution in [0.5, 0.6) is 0 Å². The zero-order chi connectivity index (χ0) is 16.8. The summed E-state index contributed by atoms with van der Waals surface area (Å²) in [5, 5.41) is 0. The smallest absolute Gasteiger partial charge is 0.159 e. The lowest BCUT2D eigenvalue weighted by molar-refractivity contribution is -0.313. The van der Waals surface area contributed by atoms with Crippen LogP contribution in [0.15, 0.2) is 11.6 Å². The molecule has 0 saturated heterocycles. The van der Waals surface area contributed by atoms with E-state index in [1.165, 1.54) is 56.9 Å². The van der Waals surface area contributed by atoms with E-state index in [9.17, 15) is 4.79 Å². The van der Waals surface area contributed by atoms with E-state index in [0.29, 0.717) is 30.8 Å². The molecule has 4 rings (SSSR count). The molecule has 24 heavy (non-hydrogen) atoms. The third-order valence-electron chi connectivity index (χ3n) is 7.93. The molecule has 0 aromatic carbocycles. The fourth-order valence-corrected chi connectivity index (χ4v) is 6.73. The number of carbonyl (C=O) groups is 1. The van der Waals surface area contributed by atoms with E-state index in [1.54, 1.807) is 0 Å². The Hall–Kier alpha value is -0.670. The third-order valence-corrected chi connectivity index (χ3v) is 7.93. The van der Waals surface area contributed by atoms with E-state index < -0.39 is 0 Å². The van der Waals surface area contributed by atoms with Gasteiger partial charge in [-0.2, -0.15) is 0 Å². The van der Waals surface area contributed by atoms with Crippen molar-refractivity contribution in [3.63, 3.8) is 0 Å². The Kier molecular flexibility index (Phi) is 4.37. The molecule has 3 fully saturated rings. The second-order valence-electron chi connectivity index (χ2n) is 8.90. The molecule has 0 radical (unpaired) electrons. The number of hydrogen-bond donors (Lipinski definition) is 0. The summed E-state index contributed by atoms with van der Waals surface area (Å²) < 4.78 is 0. The van der Waals surface area contributed by atoms with Gasteiger partial charge in [-0.25, -0.2) is 9.78 Å². The van der Waals surface area contributed by atoms with Gasteiger partial charge >= 0.3 is 0 Å². The topological polar surface area (TPSA) is 35.5 Å². The second-order valence-corrected chi connectivity index (χ2v) is 8.90. The van der Waals surface area contributed by atoms with E-state index in [4.69, 9.17) is 9.78 Å². The predicted molar refractivity (Wildman–Crippen MR) is 93.2 cm³/mol. The molecule has 0 spiro atoms. The first-order valence-electron chi connectivity index (χ1n) is 10.1. The molecule has 3 heteroatoms. The Morgan fingerprint density at radius 2 is 1.96 bits per heavy atom. The van der Waals surface area contributed by atoms with Crippen LogP contribution in [0.2, 0.25) is 0 Å². The van der Waals surface area contributed by atoms with Gasteiger partial charge in [0, 0.05) is 11.3 Å². The first kappa shape index (κ1) is 16.8. The maximum absolute atomic E-state index is 13.1. The van der Waals surface area contributed by atoms with Crippen molar-refractivity contribution in [3.8, 4) is 0 Å². The Labute approximate surface area is 146 Å². The van der Waals surface area contributed by atoms with Crippen LogP contribution in [0.25, 0.3) is 0 Å². The van der Waals surface area contributed by atoms with Crippen LogP contribution >= 0.6 is 0 Å². The van der Waals surface area contributed by atoms with Crippen molar-refractivity contribution in [2.24, 2.45) is 28.6 Å². The van der Waals surface area contributed by atoms with Gasteiger partial charge in [0.1, 0.15) is 0 Å². The molecule has 0 N–H and O–H groups in total. The van der Waals surface area contributed by atoms with Crippen LogP contribution in [0.3, 0.4) is 0 Å². The highest BCUT2D eigenvalue weighted by molar-refractivity contribution is 5.94. The van der Waals surface area contributed by atoms with E-state index in [1.807, 2.05) is 6.92 Å². The Bertz CT molecular complexity index is 539. The standard InChI is InChI=1S/C21H32O3/c1-3-23-24-14-21-11-6-8-17(21)19-16(9-12-21)20(2)10-5-4-7-15(20)13-18(19)22/h13,16-17,19H,3-12,14H2,1-2H3/t16-,17-,19+,20-,21-/m0/s1. The number of carbonyl (C=O) groups excluding carboxylic acids is 1. The molecule has 3 nitrogen and oxygen atoms in total. The average molecular weight is 332 g/mol. The molecule has 0 amide bonds. The van der Waals surface area contributed by atoms with Crippen LogP contribution in [-0.4, -0.2) is 19.0 Å². The lowest BCUT2D eigenvalue weighted by atomic mass is 9.48. The van der Waals surface area contributed by atoms with Gasteiger partial charge in [0.2, 0.25) is 0 Å². The quantitative estimate of drug-likeness (QED) is 0.419. The molecule has 0 unspecified atom stereocenters. The summed E-state index contributed by atoms with van der Waals surface area (Å²) in [7, 11) is 0. The van der Waals surface area contributed by atoms with Gasteiger partial charge in [-0.3, -0.25) is 4.79 Å². The van der Waals surface area contributed by atoms with Crippen molar-refractivity contribution in [1.29, 1.82) is 0 Å². The molecule has 0 aliphatic heterocycles. The molecule has 0 aromatic heterocycles. The first-order chi connectivity index (χ1) is 11.6. The van der Waals surface area contributed by atoms with Gasteiger partial charge in [0.15, 0.2) is 5.78 Å². The van der Waals surface area contributed by atoms with Crippen molar-refractivity contribution in [2.45, 2.75) is 71.6 Å². The summed E-state index contributed by atoms with van der Waals surface area (Å²) in [5.74, 6) is 1.73. The van der Waals surface area contributed by atoms with E-state index in [-0.39, 0.29) is 16.7 Å². The summed E-state index contributed by atoms with van der Waals surface area (Å²) >= 11 is 0. The zero-order valence-corrected chi connectivity index (χ0v) is 15.3. The third kappa shape index (κ3) is 2.42. The number of ketones is 1. The number of allylic oxidation sites excluding steroid dienone is 2. The molecule has 5 atom stereocenters. The summed E-state index contributed by atoms with van der Waals surface area (Å²) in [6.45, 7) is 5.69. The van der Waals surface area contributed by atoms with Gasteiger partial charge in [0.05, 0.1) is 13.2 Å². The fraction of sp³-hybridized carbons (Fsp3) is 0.857. The van der Waals surface area contributed by atoms with Gasteiger partial charge in [-0.1, -0.05) is 25.3 Å². The van der Waals surface area contributed by atoms with E-state index in [0.717, 1.165) is 6.42 Å². The Balaban J connectivity index is 1.64. The summed E-state index contributed by atoms with van der Waals surface area (Å²) in [6, 6.07) is 0. The average Bonchev–Trinajstić information content (AvgIpc) is 3.00. The van der Waals surface area contributed by atoms with Crippen molar-refractivity contribution in [1.82, 2.24) is 0 Å². The molecule has 0 heterocycles. The lowest BCUT2D eigenvalue weighted by Gasteiger charge is -2.56. The summed E-state index contributed by atoms with van der Waals surface area (Å²) in [5.41, 5.74) is 1.94. The maximum atomic E-state index is 13.1. The van der Waals surface area contributed by atoms with E-state index in [2.05, 4.69) is 13.0 Å². The highest BCUT2D eigenvalue weighted by Crippen LogP contribution is 2.64. The zero-order valence-electron chi connectivity index (χ0n) is 15.3. The lowest BCUT2D eigenvalue weighted by Crippen LogP contribution is -2.53. The Morgan fingerprint density at radius 3 is 2.79 bits per heavy atom. The van der Waals surface area contributed by atoms with Crippen LogP contribution in [0, 0.1) is 28.6 Å². The molecular formula is C21H32O3. The molecule has 0 aromatic rings. The van der Waals surface area contributed by atoms with Crippen LogP contribution in [-0.2, 0) is 14.6 Å². The molecule has 134 valence electrons. The molecule has 4 aliphatic rings. The SMILES string of the molecule is CCOOC[C@@]12CCC[C@H]1[C@@H]1C(=O)C=C3CCCC[C@]3(C)[C@H]1CC2. The summed E-state index contributed by atoms with van der Waals surface area (Å²) in [4.78, 5) is 23.8. The van der Waals surface area contributed by atoms with Gasteiger partial charge in [-0.15, -0.1) is 0 Å². The molecule has 4 aliphatic carbocycles. The maximum Gasteiger partial charge on any atom is 0.159 e. The highest BCUT2D eigenvalue weighted by Gasteiger charge is 2.59. The minimum absolute atomic E-state index is 0.183. The van der Waals surface area contributed by atoms with Gasteiger partial charge in [-0.05, 0) is 75.2 Å². The monoisotopic (exact) mass is 332 g/mol. The normalized spacial score (nSPS) is 44.5. The minimum Gasteiger partial charge on any atom is -0.295 e. The summed E-state index contributed by atoms with van der Waals surface area (Å²) in [6.07, 6.45) is 13.1. The molecular weight excluding hydrogens is 300 g/mol. The van der Waals surface area contributed by atoms with Crippen LogP contribution in [0.4, 0.5) is 0 Å². The first-order valence-corrected chi connectivity index (χ1v) is 10.1. The van der Waals surface area contributed by atoms with Crippen molar-refractivity contribution < 1.29 is 14.6 Å². The largest absolute Gasteiger partial charge is 0.295 e. The minimum atomic E-state index is 0.183. The van der Waals surface area contributed by atoms with Crippen molar-refractivity contribution >= 4 is 5.78 Å². The van der Waals surface area contributed by atoms with E-state index >= 15 is 0 Å². The van der Waals surface area contributed by atoms with Crippen LogP contribution in [0.1, 0.15) is 71.6 Å². The highest BCUT2D eigenvalue weighted by atomic mass is 17.2. The molecule has 3 saturated carbocycles. The predicted octanol–water partition coefficient (Wildman–Crippen LogP) is 4.86. The van der Waals surface area contributed by atoms with Crippen molar-refractivity contribution in [3.05, 3.63) is 11.6 Å². The van der Waals surface area contributed by atoms with Crippen molar-refractivity contribution in [2.75, 3.05) is 13.2 Å². The second kappa shape index (κ2) is 6.25. The molecule has 0 bridgehead atoms.